The van der Waals surface area contributed by atoms with Gasteiger partial charge < -0.3 is 5.32 Å². The lowest BCUT2D eigenvalue weighted by Gasteiger charge is -2.34. The maximum atomic E-state index is 12.7. The lowest BCUT2D eigenvalue weighted by Crippen LogP contribution is -2.42. The van der Waals surface area contributed by atoms with Crippen LogP contribution in [-0.4, -0.2) is 48.4 Å². The van der Waals surface area contributed by atoms with Crippen LogP contribution in [0.5, 0.6) is 0 Å². The summed E-state index contributed by atoms with van der Waals surface area (Å²) in [4.78, 5) is 17.1. The normalized spacial score (nSPS) is 19.2. The number of piperidine rings is 1. The number of pyridine rings is 1. The van der Waals surface area contributed by atoms with Gasteiger partial charge in [-0.1, -0.05) is 31.0 Å². The average Bonchev–Trinajstić information content (AvgIpc) is 2.78. The maximum Gasteiger partial charge on any atom is 0.213 e. The lowest BCUT2D eigenvalue weighted by molar-refractivity contribution is 0.103. The van der Waals surface area contributed by atoms with E-state index in [0.29, 0.717) is 30.1 Å². The summed E-state index contributed by atoms with van der Waals surface area (Å²) < 4.78 is 25.7. The van der Waals surface area contributed by atoms with Crippen LogP contribution in [0.15, 0.2) is 48.3 Å². The van der Waals surface area contributed by atoms with Crippen molar-refractivity contribution < 1.29 is 13.2 Å². The number of sulfonamides is 1. The number of anilines is 1. The Morgan fingerprint density at radius 3 is 2.61 bits per heavy atom. The molecule has 1 aromatic heterocycles. The topological polar surface area (TPSA) is 79.4 Å². The molecule has 1 N–H and O–H groups in total. The van der Waals surface area contributed by atoms with Gasteiger partial charge >= 0.3 is 0 Å². The summed E-state index contributed by atoms with van der Waals surface area (Å²) in [5.74, 6) is 0.148. The number of benzene rings is 1. The molecule has 2 heterocycles. The molecule has 4 rings (SSSR count). The number of halogens is 1. The molecule has 1 aliphatic carbocycles. The third-order valence-electron chi connectivity index (χ3n) is 6.80. The summed E-state index contributed by atoms with van der Waals surface area (Å²) in [5.41, 5.74) is 4.29. The van der Waals surface area contributed by atoms with Crippen molar-refractivity contribution in [2.24, 2.45) is 0 Å². The van der Waals surface area contributed by atoms with Crippen molar-refractivity contribution in [2.75, 3.05) is 24.2 Å². The Hall–Kier alpha value is -2.22. The number of nitrogens with one attached hydrogen (secondary N) is 1. The first kappa shape index (κ1) is 23.9. The van der Waals surface area contributed by atoms with Gasteiger partial charge in [-0.25, -0.2) is 12.7 Å². The van der Waals surface area contributed by atoms with Crippen LogP contribution in [0.3, 0.4) is 0 Å². The highest BCUT2D eigenvalue weighted by atomic mass is 35.5. The van der Waals surface area contributed by atoms with Crippen LogP contribution in [0, 0.1) is 0 Å². The number of hydrogen-bond acceptors (Lipinski definition) is 5. The molecule has 0 spiro atoms. The molecular weight excluding hydrogens is 458 g/mol. The number of carbonyl (C=O) groups is 1. The Balaban J connectivity index is 1.46. The smallest absolute Gasteiger partial charge is 0.213 e. The van der Waals surface area contributed by atoms with E-state index in [1.165, 1.54) is 0 Å². The highest BCUT2D eigenvalue weighted by molar-refractivity contribution is 7.89. The number of hydrogen-bond donors (Lipinski definition) is 1. The van der Waals surface area contributed by atoms with Gasteiger partial charge in [0, 0.05) is 47.5 Å². The van der Waals surface area contributed by atoms with Crippen LogP contribution in [0.4, 0.5) is 5.69 Å². The van der Waals surface area contributed by atoms with Crippen molar-refractivity contribution in [2.45, 2.75) is 51.5 Å². The first-order valence-corrected chi connectivity index (χ1v) is 13.3. The quantitative estimate of drug-likeness (QED) is 0.644. The summed E-state index contributed by atoms with van der Waals surface area (Å²) in [7, 11) is -3.13. The zero-order valence-corrected chi connectivity index (χ0v) is 20.8. The van der Waals surface area contributed by atoms with Crippen LogP contribution in [-0.2, 0) is 21.9 Å². The molecule has 0 saturated carbocycles. The van der Waals surface area contributed by atoms with Gasteiger partial charge in [0.25, 0.3) is 0 Å². The largest absolute Gasteiger partial charge is 0.381 e. The minimum Gasteiger partial charge on any atom is -0.381 e. The first-order chi connectivity index (χ1) is 15.6. The number of rotatable bonds is 6. The molecule has 0 radical (unpaired) electrons. The Morgan fingerprint density at radius 1 is 1.18 bits per heavy atom. The number of fused-ring (bicyclic) bond motifs is 1. The standard InChI is InChI=1S/C25H30ClN3O3S/c1-4-33(31,32)29-9-7-20(8-10-29)28-21-12-17(15-27-16-21)11-18-13-24(30)22-6-5-19(26)14-23(22)25(18,2)3/h5-6,12-16,20,28H,4,7-11H2,1-3H3. The monoisotopic (exact) mass is 487 g/mol. The molecule has 1 aromatic carbocycles. The summed E-state index contributed by atoms with van der Waals surface area (Å²) in [6.07, 6.45) is 7.50. The molecular formula is C25H30ClN3O3S. The molecule has 6 nitrogen and oxygen atoms in total. The van der Waals surface area contributed by atoms with Crippen molar-refractivity contribution in [1.29, 1.82) is 0 Å². The van der Waals surface area contributed by atoms with E-state index < -0.39 is 10.0 Å². The zero-order chi connectivity index (χ0) is 23.8. The molecule has 2 aromatic rings. The molecule has 0 atom stereocenters. The number of ketones is 1. The second kappa shape index (κ2) is 9.20. The second-order valence-electron chi connectivity index (χ2n) is 9.33. The van der Waals surface area contributed by atoms with Gasteiger partial charge in [0.2, 0.25) is 10.0 Å². The van der Waals surface area contributed by atoms with E-state index in [4.69, 9.17) is 11.6 Å². The first-order valence-electron chi connectivity index (χ1n) is 11.3. The highest BCUT2D eigenvalue weighted by Gasteiger charge is 2.34. The fraction of sp³-hybridized carbons (Fsp3) is 0.440. The molecule has 33 heavy (non-hydrogen) atoms. The molecule has 1 fully saturated rings. The minimum atomic E-state index is -3.13. The van der Waals surface area contributed by atoms with Crippen LogP contribution in [0.25, 0.3) is 0 Å². The van der Waals surface area contributed by atoms with E-state index in [1.807, 2.05) is 12.3 Å². The van der Waals surface area contributed by atoms with Crippen LogP contribution in [0.2, 0.25) is 5.02 Å². The summed E-state index contributed by atoms with van der Waals surface area (Å²) in [6, 6.07) is 7.72. The predicted octanol–water partition coefficient (Wildman–Crippen LogP) is 4.60. The Bertz CT molecular complexity index is 1200. The van der Waals surface area contributed by atoms with Gasteiger partial charge in [-0.3, -0.25) is 9.78 Å². The molecule has 1 aliphatic heterocycles. The fourth-order valence-corrected chi connectivity index (χ4v) is 5.99. The molecule has 2 aliphatic rings. The van der Waals surface area contributed by atoms with Crippen LogP contribution < -0.4 is 5.32 Å². The van der Waals surface area contributed by atoms with Crippen LogP contribution in [0.1, 0.15) is 55.1 Å². The van der Waals surface area contributed by atoms with Crippen molar-refractivity contribution in [1.82, 2.24) is 9.29 Å². The number of allylic oxidation sites excluding steroid dienone is 2. The van der Waals surface area contributed by atoms with Crippen molar-refractivity contribution in [3.8, 4) is 0 Å². The summed E-state index contributed by atoms with van der Waals surface area (Å²) in [6.45, 7) is 6.99. The van der Waals surface area contributed by atoms with E-state index in [2.05, 4.69) is 30.2 Å². The minimum absolute atomic E-state index is 0.00650. The third kappa shape index (κ3) is 5.00. The molecule has 0 amide bonds. The third-order valence-corrected chi connectivity index (χ3v) is 8.92. The van der Waals surface area contributed by atoms with Gasteiger partial charge in [-0.15, -0.1) is 0 Å². The fourth-order valence-electron chi connectivity index (χ4n) is 4.69. The second-order valence-corrected chi connectivity index (χ2v) is 12.0. The van der Waals surface area contributed by atoms with E-state index in [-0.39, 0.29) is 23.0 Å². The average molecular weight is 488 g/mol. The number of carbonyl (C=O) groups excluding carboxylic acids is 1. The maximum absolute atomic E-state index is 12.7. The zero-order valence-electron chi connectivity index (χ0n) is 19.3. The number of nitrogens with zero attached hydrogens (tertiary/aromatic N) is 2. The Labute approximate surface area is 201 Å². The highest BCUT2D eigenvalue weighted by Crippen LogP contribution is 2.40. The summed E-state index contributed by atoms with van der Waals surface area (Å²) >= 11 is 6.23. The van der Waals surface area contributed by atoms with Crippen molar-refractivity contribution in [3.63, 3.8) is 0 Å². The SMILES string of the molecule is CCS(=O)(=O)N1CCC(Nc2cncc(CC3=CC(=O)c4ccc(Cl)cc4C3(C)C)c2)CC1. The van der Waals surface area contributed by atoms with Gasteiger partial charge in [-0.2, -0.15) is 0 Å². The van der Waals surface area contributed by atoms with E-state index >= 15 is 0 Å². The van der Waals surface area contributed by atoms with Crippen LogP contribution >= 0.6 is 11.6 Å². The summed E-state index contributed by atoms with van der Waals surface area (Å²) in [5, 5.41) is 4.14. The molecule has 1 saturated heterocycles. The number of aromatic nitrogens is 1. The molecule has 8 heteroatoms. The van der Waals surface area contributed by atoms with Crippen molar-refractivity contribution in [3.05, 3.63) is 70.0 Å². The van der Waals surface area contributed by atoms with E-state index in [9.17, 15) is 13.2 Å². The van der Waals surface area contributed by atoms with E-state index in [0.717, 1.165) is 35.2 Å². The molecule has 176 valence electrons. The van der Waals surface area contributed by atoms with Gasteiger partial charge in [0.15, 0.2) is 5.78 Å². The van der Waals surface area contributed by atoms with Crippen molar-refractivity contribution >= 4 is 33.1 Å². The van der Waals surface area contributed by atoms with Gasteiger partial charge in [0.05, 0.1) is 11.4 Å². The van der Waals surface area contributed by atoms with Gasteiger partial charge in [-0.05, 0) is 67.7 Å². The lowest BCUT2D eigenvalue weighted by atomic mass is 9.69. The molecule has 0 bridgehead atoms. The molecule has 0 unspecified atom stereocenters. The Kier molecular flexibility index (Phi) is 6.67. The Morgan fingerprint density at radius 2 is 1.91 bits per heavy atom. The van der Waals surface area contributed by atoms with Gasteiger partial charge in [0.1, 0.15) is 0 Å². The predicted molar refractivity (Wildman–Crippen MR) is 133 cm³/mol. The van der Waals surface area contributed by atoms with E-state index in [1.54, 1.807) is 35.6 Å².